The lowest BCUT2D eigenvalue weighted by molar-refractivity contribution is -0.135. The molecule has 2 aromatic carbocycles. The predicted octanol–water partition coefficient (Wildman–Crippen LogP) is 3.27. The molecule has 1 heterocycles. The minimum atomic E-state index is -1.05. The van der Waals surface area contributed by atoms with Crippen molar-refractivity contribution >= 4 is 11.6 Å². The molecule has 0 aromatic heterocycles. The fraction of sp³-hybridized carbons (Fsp3) is 0.381. The quantitative estimate of drug-likeness (QED) is 0.777. The van der Waals surface area contributed by atoms with Gasteiger partial charge in [-0.3, -0.25) is 4.79 Å². The zero-order valence-corrected chi connectivity index (χ0v) is 15.2. The van der Waals surface area contributed by atoms with Crippen LogP contribution >= 0.6 is 0 Å². The van der Waals surface area contributed by atoms with Crippen LogP contribution in [0.15, 0.2) is 54.6 Å². The standard InChI is InChI=1S/C21H26N2O2/c1-4-22(5-2)15-16-23-19-14-10-9-13-18(19)21(25-3,20(23)24)17-11-7-6-8-12-17/h6-14H,4-5,15-16H2,1-3H3. The molecule has 0 N–H and O–H groups in total. The Morgan fingerprint density at radius 2 is 1.64 bits per heavy atom. The fourth-order valence-corrected chi connectivity index (χ4v) is 3.69. The molecule has 4 nitrogen and oxygen atoms in total. The van der Waals surface area contributed by atoms with Crippen molar-refractivity contribution in [1.82, 2.24) is 4.90 Å². The van der Waals surface area contributed by atoms with Crippen molar-refractivity contribution < 1.29 is 9.53 Å². The molecule has 0 radical (unpaired) electrons. The highest BCUT2D eigenvalue weighted by atomic mass is 16.5. The first kappa shape index (κ1) is 17.6. The van der Waals surface area contributed by atoms with E-state index in [1.807, 2.05) is 59.5 Å². The summed E-state index contributed by atoms with van der Waals surface area (Å²) >= 11 is 0. The van der Waals surface area contributed by atoms with Gasteiger partial charge in [0.15, 0.2) is 5.60 Å². The second kappa shape index (κ2) is 7.38. The number of anilines is 1. The highest BCUT2D eigenvalue weighted by molar-refractivity contribution is 6.09. The lowest BCUT2D eigenvalue weighted by atomic mass is 9.87. The number of nitrogens with zero attached hydrogens (tertiary/aromatic N) is 2. The van der Waals surface area contributed by atoms with Crippen molar-refractivity contribution in [2.24, 2.45) is 0 Å². The van der Waals surface area contributed by atoms with Crippen LogP contribution in [0.4, 0.5) is 5.69 Å². The number of amides is 1. The normalized spacial score (nSPS) is 19.5. The summed E-state index contributed by atoms with van der Waals surface area (Å²) in [6, 6.07) is 17.7. The number of carbonyl (C=O) groups excluding carboxylic acids is 1. The first-order valence-corrected chi connectivity index (χ1v) is 8.93. The number of fused-ring (bicyclic) bond motifs is 1. The Labute approximate surface area is 150 Å². The third-order valence-corrected chi connectivity index (χ3v) is 5.14. The highest BCUT2D eigenvalue weighted by Crippen LogP contribution is 2.46. The Kier molecular flexibility index (Phi) is 5.21. The summed E-state index contributed by atoms with van der Waals surface area (Å²) in [5.41, 5.74) is 1.69. The zero-order valence-electron chi connectivity index (χ0n) is 15.2. The summed E-state index contributed by atoms with van der Waals surface area (Å²) in [6.07, 6.45) is 0. The molecular formula is C21H26N2O2. The Morgan fingerprint density at radius 3 is 2.28 bits per heavy atom. The van der Waals surface area contributed by atoms with Crippen LogP contribution in [0, 0.1) is 0 Å². The van der Waals surface area contributed by atoms with E-state index in [0.29, 0.717) is 6.54 Å². The topological polar surface area (TPSA) is 32.8 Å². The molecule has 0 saturated carbocycles. The molecule has 0 spiro atoms. The molecule has 132 valence electrons. The van der Waals surface area contributed by atoms with E-state index in [1.165, 1.54) is 0 Å². The van der Waals surface area contributed by atoms with E-state index < -0.39 is 5.60 Å². The number of ether oxygens (including phenoxy) is 1. The lowest BCUT2D eigenvalue weighted by Gasteiger charge is -2.28. The van der Waals surface area contributed by atoms with Gasteiger partial charge in [-0.25, -0.2) is 0 Å². The van der Waals surface area contributed by atoms with Gasteiger partial charge in [-0.15, -0.1) is 0 Å². The van der Waals surface area contributed by atoms with Crippen LogP contribution in [0.1, 0.15) is 25.0 Å². The average Bonchev–Trinajstić information content (AvgIpc) is 2.92. The maximum atomic E-state index is 13.5. The minimum Gasteiger partial charge on any atom is -0.359 e. The Morgan fingerprint density at radius 1 is 1.00 bits per heavy atom. The summed E-state index contributed by atoms with van der Waals surface area (Å²) in [6.45, 7) is 7.76. The van der Waals surface area contributed by atoms with Gasteiger partial charge in [0.05, 0.1) is 5.69 Å². The summed E-state index contributed by atoms with van der Waals surface area (Å²) in [4.78, 5) is 17.7. The molecule has 1 amide bonds. The van der Waals surface area contributed by atoms with Crippen LogP contribution in [0.2, 0.25) is 0 Å². The van der Waals surface area contributed by atoms with E-state index in [2.05, 4.69) is 18.7 Å². The number of hydrogen-bond acceptors (Lipinski definition) is 3. The predicted molar refractivity (Wildman–Crippen MR) is 101 cm³/mol. The number of likely N-dealkylation sites (N-methyl/N-ethyl adjacent to an activating group) is 1. The molecule has 2 aromatic rings. The maximum absolute atomic E-state index is 13.5. The number of rotatable bonds is 7. The van der Waals surface area contributed by atoms with Gasteiger partial charge in [0, 0.05) is 25.8 Å². The molecule has 4 heteroatoms. The molecule has 0 aliphatic carbocycles. The fourth-order valence-electron chi connectivity index (χ4n) is 3.69. The third-order valence-electron chi connectivity index (χ3n) is 5.14. The van der Waals surface area contributed by atoms with E-state index in [9.17, 15) is 4.79 Å². The van der Waals surface area contributed by atoms with E-state index >= 15 is 0 Å². The summed E-state index contributed by atoms with van der Waals surface area (Å²) in [5, 5.41) is 0. The summed E-state index contributed by atoms with van der Waals surface area (Å²) < 4.78 is 5.91. The first-order valence-electron chi connectivity index (χ1n) is 8.93. The van der Waals surface area contributed by atoms with Gasteiger partial charge in [0.2, 0.25) is 0 Å². The third kappa shape index (κ3) is 2.86. The molecule has 0 saturated heterocycles. The van der Waals surface area contributed by atoms with Gasteiger partial charge in [-0.05, 0) is 24.7 Å². The van der Waals surface area contributed by atoms with Crippen LogP contribution in [0.3, 0.4) is 0 Å². The smallest absolute Gasteiger partial charge is 0.268 e. The number of para-hydroxylation sites is 1. The van der Waals surface area contributed by atoms with Crippen LogP contribution in [-0.4, -0.2) is 44.1 Å². The number of benzene rings is 2. The Bertz CT molecular complexity index is 728. The second-order valence-corrected chi connectivity index (χ2v) is 6.25. The zero-order chi connectivity index (χ0) is 17.9. The molecule has 1 aliphatic heterocycles. The Hall–Kier alpha value is -2.17. The summed E-state index contributed by atoms with van der Waals surface area (Å²) in [5.74, 6) is -0.00504. The molecular weight excluding hydrogens is 312 g/mol. The van der Waals surface area contributed by atoms with Crippen molar-refractivity contribution in [2.45, 2.75) is 19.4 Å². The van der Waals surface area contributed by atoms with Gasteiger partial charge in [0.1, 0.15) is 0 Å². The molecule has 1 unspecified atom stereocenters. The second-order valence-electron chi connectivity index (χ2n) is 6.25. The number of methoxy groups -OCH3 is 1. The van der Waals surface area contributed by atoms with E-state index in [0.717, 1.165) is 36.4 Å². The van der Waals surface area contributed by atoms with Crippen molar-refractivity contribution in [3.63, 3.8) is 0 Å². The monoisotopic (exact) mass is 338 g/mol. The molecule has 1 atom stereocenters. The Balaban J connectivity index is 2.03. The molecule has 3 rings (SSSR count). The minimum absolute atomic E-state index is 0.00504. The molecule has 0 fully saturated rings. The molecule has 0 bridgehead atoms. The van der Waals surface area contributed by atoms with Gasteiger partial charge >= 0.3 is 0 Å². The van der Waals surface area contributed by atoms with Gasteiger partial charge in [-0.2, -0.15) is 0 Å². The van der Waals surface area contributed by atoms with Crippen LogP contribution in [-0.2, 0) is 15.1 Å². The van der Waals surface area contributed by atoms with Crippen LogP contribution in [0.5, 0.6) is 0 Å². The molecule has 1 aliphatic rings. The highest BCUT2D eigenvalue weighted by Gasteiger charge is 2.52. The van der Waals surface area contributed by atoms with E-state index in [4.69, 9.17) is 4.74 Å². The summed E-state index contributed by atoms with van der Waals surface area (Å²) in [7, 11) is 1.62. The maximum Gasteiger partial charge on any atom is 0.268 e. The first-order chi connectivity index (χ1) is 12.2. The van der Waals surface area contributed by atoms with E-state index in [1.54, 1.807) is 7.11 Å². The SMILES string of the molecule is CCN(CC)CCN1C(=O)C(OC)(c2ccccc2)c2ccccc21. The van der Waals surface area contributed by atoms with E-state index in [-0.39, 0.29) is 5.91 Å². The average molecular weight is 338 g/mol. The van der Waals surface area contributed by atoms with Crippen molar-refractivity contribution in [3.05, 3.63) is 65.7 Å². The van der Waals surface area contributed by atoms with Crippen LogP contribution < -0.4 is 4.90 Å². The largest absolute Gasteiger partial charge is 0.359 e. The number of carbonyl (C=O) groups is 1. The van der Waals surface area contributed by atoms with Crippen molar-refractivity contribution in [1.29, 1.82) is 0 Å². The molecule has 25 heavy (non-hydrogen) atoms. The van der Waals surface area contributed by atoms with Crippen molar-refractivity contribution in [2.75, 3.05) is 38.2 Å². The van der Waals surface area contributed by atoms with Gasteiger partial charge in [0.25, 0.3) is 5.91 Å². The van der Waals surface area contributed by atoms with Gasteiger partial charge in [-0.1, -0.05) is 62.4 Å². The number of hydrogen-bond donors (Lipinski definition) is 0. The van der Waals surface area contributed by atoms with Crippen LogP contribution in [0.25, 0.3) is 0 Å². The van der Waals surface area contributed by atoms with Gasteiger partial charge < -0.3 is 14.5 Å². The van der Waals surface area contributed by atoms with Crippen molar-refractivity contribution in [3.8, 4) is 0 Å². The lowest BCUT2D eigenvalue weighted by Crippen LogP contribution is -2.45.